The van der Waals surface area contributed by atoms with Gasteiger partial charge in [-0.25, -0.2) is 0 Å². The zero-order valence-electron chi connectivity index (χ0n) is 83.2. The maximum atomic E-state index is 13.5. The molecule has 0 bridgehead atoms. The predicted octanol–water partition coefficient (Wildman–Crippen LogP) is 16.2. The highest BCUT2D eigenvalue weighted by atomic mass is 16.5. The third-order valence-electron chi connectivity index (χ3n) is 28.7. The van der Waals surface area contributed by atoms with Crippen LogP contribution in [0, 0.1) is 0 Å². The molecule has 12 aromatic carbocycles. The lowest BCUT2D eigenvalue weighted by molar-refractivity contribution is 0.0934. The van der Waals surface area contributed by atoms with Gasteiger partial charge >= 0.3 is 0 Å². The molecular formula is C119H121N19O10. The van der Waals surface area contributed by atoms with Crippen LogP contribution in [0.1, 0.15) is 137 Å². The number of carbonyl (C=O) groups excluding carboxylic acids is 4. The van der Waals surface area contributed by atoms with Crippen LogP contribution in [0.15, 0.2) is 292 Å². The number of fused-ring (bicyclic) bond motifs is 11. The molecule has 0 spiro atoms. The standard InChI is InChI=1S/C32H33N5O3.C30H31N5O3.C30H29N5O2.C27H28N4O2/c1-21(40-2)25-11-6-12-27-24(18-33-30(25)27)19-36-14-13-29-28(20-36)31(35-37(29)15-16-38)32(39)34-17-23-9-5-8-22-7-3-4-10-26(22)23;1-38-27-11-5-10-24-22(17-31-28(24)27)18-34-13-12-26-25(19-34)29(33-35(26)14-15-36)30(37)32-16-21-8-4-7-20-6-2-3-9-23(20)21;36-17-16-35-27-13-15-34(19-24-10-4-8-22-11-5-14-31-28(22)24)20-26(27)29(33-35)30(37)32-18-23-9-3-7-21-6-1-2-12-25(21)23;32-16-15-31-25-13-14-30(18-20-7-2-1-3-8-20)19-24(25)26(29-31)27(33)28-17-22-11-6-10-21-9-4-5-12-23(21)22/h3-12,18,33,38H,1,13-17,19-20H2,2H3,(H,34,39);2-11,17,31,36H,12-16,18-19H2,1H3,(H,32,37);1-12,14,36H,13,15-20H2,(H,32,37);1-12,32H,13-19H2,(H,28,33). The van der Waals surface area contributed by atoms with Crippen LogP contribution < -0.4 is 26.0 Å². The molecule has 0 saturated carbocycles. The normalized spacial score (nSPS) is 13.6. The van der Waals surface area contributed by atoms with E-state index in [4.69, 9.17) is 9.47 Å². The van der Waals surface area contributed by atoms with Crippen LogP contribution >= 0.6 is 0 Å². The van der Waals surface area contributed by atoms with E-state index in [1.165, 1.54) is 22.3 Å². The Hall–Kier alpha value is -16.1. The average Bonchev–Trinajstić information content (AvgIpc) is 1.64. The molecule has 11 heterocycles. The monoisotopic (exact) mass is 1980 g/mol. The molecule has 0 atom stereocenters. The summed E-state index contributed by atoms with van der Waals surface area (Å²) in [5.41, 5.74) is 22.8. The Morgan fingerprint density at radius 3 is 1.03 bits per heavy atom. The summed E-state index contributed by atoms with van der Waals surface area (Å²) < 4.78 is 18.1. The highest BCUT2D eigenvalue weighted by molar-refractivity contribution is 5.99. The summed E-state index contributed by atoms with van der Waals surface area (Å²) in [5.74, 6) is 0.705. The lowest BCUT2D eigenvalue weighted by Crippen LogP contribution is -2.32. The molecule has 0 saturated heterocycles. The maximum Gasteiger partial charge on any atom is 0.272 e. The van der Waals surface area contributed by atoms with Gasteiger partial charge < -0.3 is 61.1 Å². The molecule has 4 amide bonds. The Labute approximate surface area is 857 Å². The van der Waals surface area contributed by atoms with Gasteiger partial charge in [0.05, 0.1) is 83.4 Å². The van der Waals surface area contributed by atoms with E-state index in [1.807, 2.05) is 157 Å². The number of methoxy groups -OCH3 is 2. The van der Waals surface area contributed by atoms with Gasteiger partial charge in [-0.05, 0) is 106 Å². The number of rotatable bonds is 31. The molecule has 29 nitrogen and oxygen atoms in total. The second-order valence-corrected chi connectivity index (χ2v) is 37.9. The molecule has 7 aromatic heterocycles. The molecule has 0 radical (unpaired) electrons. The van der Waals surface area contributed by atoms with Crippen molar-refractivity contribution in [3.63, 3.8) is 0 Å². The van der Waals surface area contributed by atoms with Gasteiger partial charge in [0.25, 0.3) is 23.6 Å². The molecule has 4 aliphatic heterocycles. The number of aromatic amines is 2. The van der Waals surface area contributed by atoms with Crippen molar-refractivity contribution in [2.75, 3.05) is 66.8 Å². The van der Waals surface area contributed by atoms with Crippen molar-refractivity contribution in [1.29, 1.82) is 0 Å². The van der Waals surface area contributed by atoms with Crippen molar-refractivity contribution in [3.05, 3.63) is 410 Å². The van der Waals surface area contributed by atoms with Crippen molar-refractivity contribution >= 4 is 105 Å². The smallest absolute Gasteiger partial charge is 0.272 e. The molecule has 148 heavy (non-hydrogen) atoms. The Kier molecular flexibility index (Phi) is 30.9. The number of aliphatic hydroxyl groups is 4. The Bertz CT molecular complexity index is 8030. The molecule has 29 heteroatoms. The van der Waals surface area contributed by atoms with E-state index in [0.717, 1.165) is 232 Å². The molecule has 10 N–H and O–H groups in total. The van der Waals surface area contributed by atoms with Gasteiger partial charge in [0.2, 0.25) is 0 Å². The number of nitrogens with zero attached hydrogens (tertiary/aromatic N) is 13. The quantitative estimate of drug-likeness (QED) is 0.0180. The van der Waals surface area contributed by atoms with E-state index in [2.05, 4.69) is 216 Å². The van der Waals surface area contributed by atoms with E-state index in [9.17, 15) is 39.6 Å². The third-order valence-corrected chi connectivity index (χ3v) is 28.7. The summed E-state index contributed by atoms with van der Waals surface area (Å²) in [7, 11) is 3.31. The van der Waals surface area contributed by atoms with Crippen LogP contribution in [-0.2, 0) is 135 Å². The fourth-order valence-electron chi connectivity index (χ4n) is 21.4. The zero-order chi connectivity index (χ0) is 102. The summed E-state index contributed by atoms with van der Waals surface area (Å²) in [6, 6.07) is 90.1. The van der Waals surface area contributed by atoms with Crippen molar-refractivity contribution in [3.8, 4) is 5.75 Å². The van der Waals surface area contributed by atoms with Crippen molar-refractivity contribution in [2.45, 2.75) is 130 Å². The van der Waals surface area contributed by atoms with Gasteiger partial charge in [-0.1, -0.05) is 255 Å². The summed E-state index contributed by atoms with van der Waals surface area (Å²) in [5, 5.41) is 81.8. The lowest BCUT2D eigenvalue weighted by Gasteiger charge is -2.28. The number of aromatic nitrogens is 11. The first kappa shape index (κ1) is 99.3. The minimum atomic E-state index is -0.197. The molecule has 0 aliphatic carbocycles. The fourth-order valence-corrected chi connectivity index (χ4v) is 21.4. The van der Waals surface area contributed by atoms with Crippen LogP contribution in [0.3, 0.4) is 0 Å². The molecule has 0 unspecified atom stereocenters. The summed E-state index contributed by atoms with van der Waals surface area (Å²) in [4.78, 5) is 74.3. The van der Waals surface area contributed by atoms with Crippen LogP contribution in [0.5, 0.6) is 5.75 Å². The van der Waals surface area contributed by atoms with Crippen molar-refractivity contribution in [2.24, 2.45) is 0 Å². The van der Waals surface area contributed by atoms with Gasteiger partial charge in [-0.2, -0.15) is 20.4 Å². The van der Waals surface area contributed by atoms with Gasteiger partial charge in [0.1, 0.15) is 11.5 Å². The number of ether oxygens (including phenoxy) is 2. The number of H-pyrrole nitrogens is 2. The van der Waals surface area contributed by atoms with Crippen molar-refractivity contribution in [1.82, 2.24) is 94.9 Å². The maximum absolute atomic E-state index is 13.5. The van der Waals surface area contributed by atoms with E-state index in [1.54, 1.807) is 28.3 Å². The van der Waals surface area contributed by atoms with Crippen LogP contribution in [0.25, 0.3) is 81.6 Å². The number of benzene rings is 12. The van der Waals surface area contributed by atoms with E-state index in [0.29, 0.717) is 107 Å². The van der Waals surface area contributed by atoms with E-state index in [-0.39, 0.29) is 50.1 Å². The largest absolute Gasteiger partial charge is 0.497 e. The first-order valence-corrected chi connectivity index (χ1v) is 50.6. The van der Waals surface area contributed by atoms with Crippen LogP contribution in [0.2, 0.25) is 0 Å². The molecule has 0 fully saturated rings. The molecular weight excluding hydrogens is 1860 g/mol. The minimum absolute atomic E-state index is 0.00108. The highest BCUT2D eigenvalue weighted by Gasteiger charge is 2.35. The number of para-hydroxylation sites is 3. The first-order valence-electron chi connectivity index (χ1n) is 50.6. The number of carbonyl (C=O) groups is 4. The molecule has 23 rings (SSSR count). The number of aliphatic hydroxyl groups excluding tert-OH is 4. The molecule has 19 aromatic rings. The van der Waals surface area contributed by atoms with E-state index >= 15 is 0 Å². The minimum Gasteiger partial charge on any atom is -0.497 e. The lowest BCUT2D eigenvalue weighted by atomic mass is 10.0. The highest BCUT2D eigenvalue weighted by Crippen LogP contribution is 2.36. The first-order chi connectivity index (χ1) is 72.7. The van der Waals surface area contributed by atoms with Crippen LogP contribution in [0.4, 0.5) is 0 Å². The number of pyridine rings is 1. The average molecular weight is 1980 g/mol. The van der Waals surface area contributed by atoms with Crippen molar-refractivity contribution < 1.29 is 49.1 Å². The number of hydrogen-bond acceptors (Lipinski definition) is 19. The summed E-state index contributed by atoms with van der Waals surface area (Å²) >= 11 is 0. The van der Waals surface area contributed by atoms with Gasteiger partial charge in [-0.15, -0.1) is 0 Å². The Morgan fingerprint density at radius 2 is 0.649 bits per heavy atom. The summed E-state index contributed by atoms with van der Waals surface area (Å²) in [6.07, 6.45) is 9.02. The Balaban J connectivity index is 0.000000120. The number of amides is 4. The van der Waals surface area contributed by atoms with E-state index < -0.39 is 0 Å². The Morgan fingerprint density at radius 1 is 0.338 bits per heavy atom. The summed E-state index contributed by atoms with van der Waals surface area (Å²) in [6.45, 7) is 16.2. The number of hydrogen-bond donors (Lipinski definition) is 10. The topological polar surface area (TPSA) is 344 Å². The van der Waals surface area contributed by atoms with Gasteiger partial charge in [0.15, 0.2) is 22.8 Å². The van der Waals surface area contributed by atoms with Crippen LogP contribution in [-0.4, -0.2) is 185 Å². The second-order valence-electron chi connectivity index (χ2n) is 37.9. The number of nitrogens with one attached hydrogen (secondary N) is 6. The third kappa shape index (κ3) is 21.8. The predicted molar refractivity (Wildman–Crippen MR) is 576 cm³/mol. The second kappa shape index (κ2) is 46.1. The zero-order valence-corrected chi connectivity index (χ0v) is 83.2. The molecule has 4 aliphatic rings. The van der Waals surface area contributed by atoms with Gasteiger partial charge in [-0.3, -0.25) is 62.5 Å². The molecule has 752 valence electrons. The fraction of sp³-hybridized carbons (Fsp3) is 0.252. The SMILES string of the molecule is C=C(OC)c1cccc2c(CN3CCc4c(c(C(=O)NCc5cccc6ccccc56)nn4CCO)C3)c[nH]c12.COc1cccc2c(CN3CCc4c(c(C(=O)NCc5cccc6ccccc56)nn4CCO)C3)c[nH]c12.O=C(NCc1cccc2ccccc12)c1nn(CCO)c2c1CN(Cc1cccc3cccnc13)CC2.O=C(NCc1cccc2ccccc12)c1nn(CCO)c2c1CN(Cc1ccccc1)CC2. The van der Waals surface area contributed by atoms with Gasteiger partial charge in [0, 0.05) is 216 Å².